The first-order valence-corrected chi connectivity index (χ1v) is 7.28. The van der Waals surface area contributed by atoms with Gasteiger partial charge in [-0.05, 0) is 38.2 Å². The molecule has 2 N–H and O–H groups in total. The Labute approximate surface area is 119 Å². The molecule has 1 aliphatic carbocycles. The van der Waals surface area contributed by atoms with Gasteiger partial charge in [0.2, 0.25) is 5.82 Å². The van der Waals surface area contributed by atoms with Crippen molar-refractivity contribution < 1.29 is 4.92 Å². The highest BCUT2D eigenvalue weighted by molar-refractivity contribution is 5.61. The van der Waals surface area contributed by atoms with Crippen molar-refractivity contribution in [3.05, 3.63) is 22.2 Å². The molecule has 6 heteroatoms. The maximum atomic E-state index is 11.1. The highest BCUT2D eigenvalue weighted by Gasteiger charge is 2.37. The molecule has 0 spiro atoms. The number of pyridine rings is 1. The fourth-order valence-electron chi connectivity index (χ4n) is 2.46. The molecule has 2 rings (SSSR count). The van der Waals surface area contributed by atoms with Gasteiger partial charge in [-0.15, -0.1) is 0 Å². The molecule has 0 atom stereocenters. The topological polar surface area (TPSA) is 80.1 Å². The Morgan fingerprint density at radius 2 is 2.15 bits per heavy atom. The van der Waals surface area contributed by atoms with E-state index >= 15 is 0 Å². The summed E-state index contributed by atoms with van der Waals surface area (Å²) in [7, 11) is 0. The summed E-state index contributed by atoms with van der Waals surface area (Å²) in [6.07, 6.45) is 5.21. The van der Waals surface area contributed by atoms with Crippen LogP contribution < -0.4 is 10.6 Å². The zero-order chi connectivity index (χ0) is 14.6. The minimum Gasteiger partial charge on any atom is -0.370 e. The van der Waals surface area contributed by atoms with E-state index in [1.165, 1.54) is 12.5 Å². The van der Waals surface area contributed by atoms with Gasteiger partial charge in [0.15, 0.2) is 0 Å². The molecule has 20 heavy (non-hydrogen) atoms. The minimum atomic E-state index is -0.374. The molecule has 0 bridgehead atoms. The number of nitrogens with zero attached hydrogens (tertiary/aromatic N) is 2. The normalized spacial score (nSPS) is 16.3. The molecule has 0 aliphatic heterocycles. The van der Waals surface area contributed by atoms with Crippen LogP contribution in [0.1, 0.15) is 46.0 Å². The standard InChI is InChI=1S/C14H22N4O2/c1-3-10-15-12-7-6-11(18(19)20)13(16-12)17-14(4-2)8-5-9-14/h6-7H,3-5,8-10H2,1-2H3,(H2,15,16,17). The summed E-state index contributed by atoms with van der Waals surface area (Å²) in [5.74, 6) is 1.07. The number of nitrogens with one attached hydrogen (secondary N) is 2. The van der Waals surface area contributed by atoms with Crippen molar-refractivity contribution in [1.82, 2.24) is 4.98 Å². The summed E-state index contributed by atoms with van der Waals surface area (Å²) < 4.78 is 0. The molecule has 0 saturated heterocycles. The highest BCUT2D eigenvalue weighted by atomic mass is 16.6. The first kappa shape index (κ1) is 14.6. The van der Waals surface area contributed by atoms with Crippen LogP contribution in [-0.2, 0) is 0 Å². The van der Waals surface area contributed by atoms with Gasteiger partial charge in [-0.2, -0.15) is 0 Å². The lowest BCUT2D eigenvalue weighted by atomic mass is 9.75. The van der Waals surface area contributed by atoms with E-state index in [9.17, 15) is 10.1 Å². The number of hydrogen-bond acceptors (Lipinski definition) is 5. The summed E-state index contributed by atoms with van der Waals surface area (Å²) in [6.45, 7) is 4.98. The van der Waals surface area contributed by atoms with Gasteiger partial charge in [0.25, 0.3) is 0 Å². The Bertz CT molecular complexity index is 481. The van der Waals surface area contributed by atoms with E-state index in [1.807, 2.05) is 0 Å². The molecule has 0 unspecified atom stereocenters. The van der Waals surface area contributed by atoms with Crippen LogP contribution in [-0.4, -0.2) is 22.0 Å². The SMILES string of the molecule is CCCNc1ccc([N+](=O)[O-])c(NC2(CC)CCC2)n1. The second kappa shape index (κ2) is 6.07. The van der Waals surface area contributed by atoms with E-state index < -0.39 is 0 Å². The predicted molar refractivity (Wildman–Crippen MR) is 80.2 cm³/mol. The largest absolute Gasteiger partial charge is 0.370 e. The van der Waals surface area contributed by atoms with Crippen LogP contribution in [0.2, 0.25) is 0 Å². The average Bonchev–Trinajstić information content (AvgIpc) is 2.40. The molecule has 1 aliphatic rings. The fourth-order valence-corrected chi connectivity index (χ4v) is 2.46. The van der Waals surface area contributed by atoms with Gasteiger partial charge in [0.1, 0.15) is 5.82 Å². The van der Waals surface area contributed by atoms with E-state index in [0.29, 0.717) is 11.6 Å². The highest BCUT2D eigenvalue weighted by Crippen LogP contribution is 2.39. The van der Waals surface area contributed by atoms with Crippen molar-refractivity contribution in [2.45, 2.75) is 51.5 Å². The summed E-state index contributed by atoms with van der Waals surface area (Å²) >= 11 is 0. The molecule has 0 amide bonds. The van der Waals surface area contributed by atoms with Crippen LogP contribution in [0.5, 0.6) is 0 Å². The maximum Gasteiger partial charge on any atom is 0.311 e. The third kappa shape index (κ3) is 3.00. The summed E-state index contributed by atoms with van der Waals surface area (Å²) in [6, 6.07) is 3.19. The molecule has 110 valence electrons. The number of anilines is 2. The van der Waals surface area contributed by atoms with Crippen LogP contribution >= 0.6 is 0 Å². The molecular weight excluding hydrogens is 256 g/mol. The zero-order valence-electron chi connectivity index (χ0n) is 12.1. The molecule has 0 aromatic carbocycles. The molecule has 1 heterocycles. The molecule has 0 radical (unpaired) electrons. The van der Waals surface area contributed by atoms with E-state index in [0.717, 1.165) is 32.2 Å². The first-order chi connectivity index (χ1) is 9.60. The van der Waals surface area contributed by atoms with E-state index in [-0.39, 0.29) is 16.1 Å². The third-order valence-electron chi connectivity index (χ3n) is 4.00. The van der Waals surface area contributed by atoms with E-state index in [2.05, 4.69) is 29.5 Å². The van der Waals surface area contributed by atoms with Gasteiger partial charge in [-0.3, -0.25) is 10.1 Å². The smallest absolute Gasteiger partial charge is 0.311 e. The fraction of sp³-hybridized carbons (Fsp3) is 0.643. The van der Waals surface area contributed by atoms with Gasteiger partial charge in [0.05, 0.1) is 4.92 Å². The lowest BCUT2D eigenvalue weighted by Gasteiger charge is -2.42. The van der Waals surface area contributed by atoms with Gasteiger partial charge < -0.3 is 10.6 Å². The van der Waals surface area contributed by atoms with Crippen LogP contribution in [0.15, 0.2) is 12.1 Å². The van der Waals surface area contributed by atoms with Crippen molar-refractivity contribution in [2.24, 2.45) is 0 Å². The van der Waals surface area contributed by atoms with Crippen LogP contribution in [0, 0.1) is 10.1 Å². The lowest BCUT2D eigenvalue weighted by molar-refractivity contribution is -0.384. The quantitative estimate of drug-likeness (QED) is 0.589. The minimum absolute atomic E-state index is 0.0128. The van der Waals surface area contributed by atoms with E-state index in [1.54, 1.807) is 6.07 Å². The zero-order valence-corrected chi connectivity index (χ0v) is 12.1. The first-order valence-electron chi connectivity index (χ1n) is 7.28. The number of hydrogen-bond donors (Lipinski definition) is 2. The molecule has 1 aromatic heterocycles. The summed E-state index contributed by atoms with van der Waals surface area (Å²) in [5, 5.41) is 17.6. The second-order valence-electron chi connectivity index (χ2n) is 5.36. The molecule has 1 fully saturated rings. The van der Waals surface area contributed by atoms with Gasteiger partial charge in [-0.1, -0.05) is 13.8 Å². The Kier molecular flexibility index (Phi) is 4.42. The Morgan fingerprint density at radius 3 is 2.65 bits per heavy atom. The van der Waals surface area contributed by atoms with Crippen molar-refractivity contribution in [1.29, 1.82) is 0 Å². The van der Waals surface area contributed by atoms with Crippen molar-refractivity contribution in [2.75, 3.05) is 17.2 Å². The predicted octanol–water partition coefficient (Wildman–Crippen LogP) is 3.56. The van der Waals surface area contributed by atoms with Crippen molar-refractivity contribution in [3.63, 3.8) is 0 Å². The molecule has 6 nitrogen and oxygen atoms in total. The maximum absolute atomic E-state index is 11.1. The summed E-state index contributed by atoms with van der Waals surface area (Å²) in [5.41, 5.74) is 0.0352. The monoisotopic (exact) mass is 278 g/mol. The van der Waals surface area contributed by atoms with Crippen LogP contribution in [0.3, 0.4) is 0 Å². The number of aromatic nitrogens is 1. The molecule has 1 saturated carbocycles. The lowest BCUT2D eigenvalue weighted by Crippen LogP contribution is -2.44. The number of rotatable bonds is 7. The van der Waals surface area contributed by atoms with Crippen molar-refractivity contribution >= 4 is 17.3 Å². The summed E-state index contributed by atoms with van der Waals surface area (Å²) in [4.78, 5) is 15.1. The number of nitro groups is 1. The van der Waals surface area contributed by atoms with Gasteiger partial charge in [-0.25, -0.2) is 4.98 Å². The molecular formula is C14H22N4O2. The Hall–Kier alpha value is -1.85. The van der Waals surface area contributed by atoms with Gasteiger partial charge >= 0.3 is 5.69 Å². The van der Waals surface area contributed by atoms with Gasteiger partial charge in [0, 0.05) is 18.2 Å². The van der Waals surface area contributed by atoms with Crippen molar-refractivity contribution in [3.8, 4) is 0 Å². The average molecular weight is 278 g/mol. The molecule has 1 aromatic rings. The van der Waals surface area contributed by atoms with Crippen LogP contribution in [0.4, 0.5) is 17.3 Å². The van der Waals surface area contributed by atoms with E-state index in [4.69, 9.17) is 0 Å². The second-order valence-corrected chi connectivity index (χ2v) is 5.36. The van der Waals surface area contributed by atoms with Crippen LogP contribution in [0.25, 0.3) is 0 Å². The Morgan fingerprint density at radius 1 is 1.40 bits per heavy atom. The third-order valence-corrected chi connectivity index (χ3v) is 4.00. The Balaban J connectivity index is 2.24.